The molecule has 0 aromatic heterocycles. The lowest BCUT2D eigenvalue weighted by atomic mass is 10.1. The van der Waals surface area contributed by atoms with Gasteiger partial charge in [0.1, 0.15) is 0 Å². The van der Waals surface area contributed by atoms with E-state index in [1.165, 1.54) is 0 Å². The molecule has 1 aromatic rings. The van der Waals surface area contributed by atoms with Crippen molar-refractivity contribution < 1.29 is 0 Å². The molecule has 65 valence electrons. The van der Waals surface area contributed by atoms with Gasteiger partial charge in [-0.3, -0.25) is 0 Å². The number of nitrogens with two attached hydrogens (primary N) is 1. The summed E-state index contributed by atoms with van der Waals surface area (Å²) in [5, 5.41) is 1.36. The molecule has 0 unspecified atom stereocenters. The predicted octanol–water partition coefficient (Wildman–Crippen LogP) is 2.70. The van der Waals surface area contributed by atoms with Gasteiger partial charge < -0.3 is 5.73 Å². The van der Waals surface area contributed by atoms with Gasteiger partial charge in [-0.25, -0.2) is 0 Å². The molecule has 0 heterocycles. The van der Waals surface area contributed by atoms with Gasteiger partial charge in [-0.1, -0.05) is 29.3 Å². The van der Waals surface area contributed by atoms with Crippen LogP contribution in [0.5, 0.6) is 0 Å². The molecule has 0 spiro atoms. The van der Waals surface area contributed by atoms with Gasteiger partial charge in [-0.2, -0.15) is 0 Å². The van der Waals surface area contributed by atoms with Crippen LogP contribution < -0.4 is 5.73 Å². The molecule has 0 fully saturated rings. The lowest BCUT2D eigenvalue weighted by Crippen LogP contribution is -2.01. The van der Waals surface area contributed by atoms with E-state index in [1.807, 2.05) is 18.6 Å². The summed E-state index contributed by atoms with van der Waals surface area (Å²) in [5.74, 6) is 0. The first-order valence-electron chi connectivity index (χ1n) is 3.69. The van der Waals surface area contributed by atoms with Crippen molar-refractivity contribution in [3.05, 3.63) is 40.2 Å². The Kier molecular flexibility index (Phi) is 3.86. The Morgan fingerprint density at radius 1 is 1.33 bits per heavy atom. The van der Waals surface area contributed by atoms with Crippen molar-refractivity contribution in [2.75, 3.05) is 6.54 Å². The molecule has 2 N–H and O–H groups in total. The third-order valence-corrected chi connectivity index (χ3v) is 2.13. The molecule has 1 rings (SSSR count). The van der Waals surface area contributed by atoms with Crippen LogP contribution in [0.2, 0.25) is 10.0 Å². The molecule has 12 heavy (non-hydrogen) atoms. The molecule has 0 atom stereocenters. The molecule has 1 radical (unpaired) electrons. The summed E-state index contributed by atoms with van der Waals surface area (Å²) in [6.07, 6.45) is 2.77. The second-order valence-electron chi connectivity index (χ2n) is 2.46. The Morgan fingerprint density at radius 2 is 2.08 bits per heavy atom. The number of benzene rings is 1. The summed E-state index contributed by atoms with van der Waals surface area (Å²) >= 11 is 11.7. The molecule has 0 bridgehead atoms. The van der Waals surface area contributed by atoms with E-state index in [0.717, 1.165) is 12.0 Å². The summed E-state index contributed by atoms with van der Waals surface area (Å²) in [4.78, 5) is 0. The Hall–Kier alpha value is -0.240. The second-order valence-corrected chi connectivity index (χ2v) is 3.31. The molecule has 1 aromatic carbocycles. The fourth-order valence-electron chi connectivity index (χ4n) is 0.926. The van der Waals surface area contributed by atoms with E-state index < -0.39 is 0 Å². The minimum absolute atomic E-state index is 0.568. The fourth-order valence-corrected chi connectivity index (χ4v) is 1.41. The highest BCUT2D eigenvalue weighted by Crippen LogP contribution is 2.21. The van der Waals surface area contributed by atoms with Gasteiger partial charge in [0.15, 0.2) is 0 Å². The fraction of sp³-hybridized carbons (Fsp3) is 0.222. The van der Waals surface area contributed by atoms with Crippen molar-refractivity contribution in [3.63, 3.8) is 0 Å². The molecule has 0 aliphatic rings. The molecule has 0 aliphatic carbocycles. The van der Waals surface area contributed by atoms with Crippen molar-refractivity contribution in [1.29, 1.82) is 0 Å². The first-order chi connectivity index (χ1) is 5.74. The van der Waals surface area contributed by atoms with Crippen LogP contribution in [0.3, 0.4) is 0 Å². The maximum absolute atomic E-state index is 5.92. The van der Waals surface area contributed by atoms with Crippen LogP contribution in [0.15, 0.2) is 18.2 Å². The Labute approximate surface area is 82.5 Å². The third-order valence-electron chi connectivity index (χ3n) is 1.55. The standard InChI is InChI=1S/C9H10Cl2N/c10-8-4-3-7(2-1-5-12)9(11)6-8/h1,3-4,6H,2,5,12H2. The Balaban J connectivity index is 2.72. The van der Waals surface area contributed by atoms with E-state index in [0.29, 0.717) is 16.6 Å². The van der Waals surface area contributed by atoms with Crippen LogP contribution in [-0.4, -0.2) is 6.54 Å². The van der Waals surface area contributed by atoms with E-state index in [1.54, 1.807) is 6.07 Å². The van der Waals surface area contributed by atoms with Crippen LogP contribution in [0, 0.1) is 6.42 Å². The summed E-state index contributed by atoms with van der Waals surface area (Å²) in [5.41, 5.74) is 6.39. The quantitative estimate of drug-likeness (QED) is 0.802. The van der Waals surface area contributed by atoms with E-state index in [2.05, 4.69) is 0 Å². The highest BCUT2D eigenvalue weighted by molar-refractivity contribution is 6.35. The first-order valence-corrected chi connectivity index (χ1v) is 4.45. The van der Waals surface area contributed by atoms with E-state index in [4.69, 9.17) is 28.9 Å². The molecule has 0 aliphatic heterocycles. The molecule has 0 saturated carbocycles. The predicted molar refractivity (Wildman–Crippen MR) is 53.5 cm³/mol. The van der Waals surface area contributed by atoms with Gasteiger partial charge in [0.25, 0.3) is 0 Å². The van der Waals surface area contributed by atoms with Gasteiger partial charge in [0.05, 0.1) is 0 Å². The van der Waals surface area contributed by atoms with Gasteiger partial charge in [0.2, 0.25) is 0 Å². The number of hydrogen-bond donors (Lipinski definition) is 1. The lowest BCUT2D eigenvalue weighted by Gasteiger charge is -2.02. The zero-order chi connectivity index (χ0) is 8.97. The van der Waals surface area contributed by atoms with Crippen molar-refractivity contribution in [2.24, 2.45) is 5.73 Å². The third kappa shape index (κ3) is 2.67. The van der Waals surface area contributed by atoms with E-state index in [-0.39, 0.29) is 0 Å². The van der Waals surface area contributed by atoms with E-state index in [9.17, 15) is 0 Å². The van der Waals surface area contributed by atoms with Crippen LogP contribution in [0.25, 0.3) is 0 Å². The molecule has 0 saturated heterocycles. The van der Waals surface area contributed by atoms with Crippen LogP contribution >= 0.6 is 23.2 Å². The largest absolute Gasteiger partial charge is 0.330 e. The van der Waals surface area contributed by atoms with Gasteiger partial charge in [-0.05, 0) is 37.1 Å². The highest BCUT2D eigenvalue weighted by atomic mass is 35.5. The van der Waals surface area contributed by atoms with Crippen molar-refractivity contribution in [2.45, 2.75) is 6.42 Å². The number of halogens is 2. The highest BCUT2D eigenvalue weighted by Gasteiger charge is 1.99. The zero-order valence-electron chi connectivity index (χ0n) is 6.56. The summed E-state index contributed by atoms with van der Waals surface area (Å²) in [6, 6.07) is 5.48. The van der Waals surface area contributed by atoms with Crippen molar-refractivity contribution in [3.8, 4) is 0 Å². The smallest absolute Gasteiger partial charge is 0.0452 e. The second kappa shape index (κ2) is 4.70. The maximum atomic E-state index is 5.92. The van der Waals surface area contributed by atoms with Gasteiger partial charge >= 0.3 is 0 Å². The monoisotopic (exact) mass is 202 g/mol. The molecular weight excluding hydrogens is 193 g/mol. The van der Waals surface area contributed by atoms with Crippen LogP contribution in [0.4, 0.5) is 0 Å². The average molecular weight is 203 g/mol. The summed E-state index contributed by atoms with van der Waals surface area (Å²) in [7, 11) is 0. The Bertz CT molecular complexity index is 261. The van der Waals surface area contributed by atoms with Crippen LogP contribution in [-0.2, 0) is 6.42 Å². The molecule has 3 heteroatoms. The van der Waals surface area contributed by atoms with Crippen molar-refractivity contribution >= 4 is 23.2 Å². The molecule has 0 amide bonds. The summed E-state index contributed by atoms with van der Waals surface area (Å²) < 4.78 is 0. The van der Waals surface area contributed by atoms with Crippen LogP contribution in [0.1, 0.15) is 5.56 Å². The topological polar surface area (TPSA) is 26.0 Å². The lowest BCUT2D eigenvalue weighted by molar-refractivity contribution is 1.03. The molecular formula is C9H10Cl2N. The first kappa shape index (κ1) is 9.85. The molecule has 1 nitrogen and oxygen atoms in total. The maximum Gasteiger partial charge on any atom is 0.0452 e. The summed E-state index contributed by atoms with van der Waals surface area (Å²) in [6.45, 7) is 0.568. The minimum atomic E-state index is 0.568. The minimum Gasteiger partial charge on any atom is -0.330 e. The SMILES string of the molecule is NC[CH]Cc1ccc(Cl)cc1Cl. The normalized spacial score (nSPS) is 10.2. The van der Waals surface area contributed by atoms with Crippen molar-refractivity contribution in [1.82, 2.24) is 0 Å². The average Bonchev–Trinajstić information content (AvgIpc) is 2.03. The van der Waals surface area contributed by atoms with E-state index >= 15 is 0 Å². The zero-order valence-corrected chi connectivity index (χ0v) is 8.07. The number of hydrogen-bond acceptors (Lipinski definition) is 1. The van der Waals surface area contributed by atoms with Gasteiger partial charge in [0, 0.05) is 10.0 Å². The van der Waals surface area contributed by atoms with Gasteiger partial charge in [-0.15, -0.1) is 0 Å². The number of rotatable bonds is 3. The Morgan fingerprint density at radius 3 is 2.67 bits per heavy atom.